The molecule has 0 fully saturated rings. The zero-order valence-electron chi connectivity index (χ0n) is 16.9. The lowest BCUT2D eigenvalue weighted by molar-refractivity contribution is -0.119. The van der Waals surface area contributed by atoms with E-state index in [9.17, 15) is 13.2 Å². The van der Waals surface area contributed by atoms with Gasteiger partial charge in [-0.15, -0.1) is 0 Å². The van der Waals surface area contributed by atoms with Crippen LogP contribution in [0.3, 0.4) is 0 Å². The van der Waals surface area contributed by atoms with E-state index >= 15 is 0 Å². The molecule has 8 nitrogen and oxygen atoms in total. The van der Waals surface area contributed by atoms with Crippen molar-refractivity contribution in [1.82, 2.24) is 14.9 Å². The summed E-state index contributed by atoms with van der Waals surface area (Å²) in [5, 5.41) is 2.77. The van der Waals surface area contributed by atoms with E-state index in [-0.39, 0.29) is 6.54 Å². The van der Waals surface area contributed by atoms with Crippen molar-refractivity contribution in [3.05, 3.63) is 72.8 Å². The quantitative estimate of drug-likeness (QED) is 0.565. The number of rotatable bonds is 9. The van der Waals surface area contributed by atoms with E-state index in [1.165, 1.54) is 0 Å². The van der Waals surface area contributed by atoms with Gasteiger partial charge in [-0.1, -0.05) is 18.2 Å². The van der Waals surface area contributed by atoms with Crippen LogP contribution in [-0.2, 0) is 21.4 Å². The number of amides is 1. The molecule has 0 aliphatic rings. The van der Waals surface area contributed by atoms with Crippen molar-refractivity contribution in [3.63, 3.8) is 0 Å². The molecule has 1 amide bonds. The van der Waals surface area contributed by atoms with Crippen molar-refractivity contribution >= 4 is 21.6 Å². The second kappa shape index (κ2) is 9.45. The number of sulfonamides is 1. The molecule has 3 rings (SSSR count). The van der Waals surface area contributed by atoms with Gasteiger partial charge in [0.25, 0.3) is 0 Å². The highest BCUT2D eigenvalue weighted by Crippen LogP contribution is 2.23. The van der Waals surface area contributed by atoms with Crippen LogP contribution in [0.2, 0.25) is 0 Å². The summed E-state index contributed by atoms with van der Waals surface area (Å²) in [6.07, 6.45) is 6.32. The van der Waals surface area contributed by atoms with Crippen LogP contribution in [0, 0.1) is 0 Å². The van der Waals surface area contributed by atoms with Crippen molar-refractivity contribution in [1.29, 1.82) is 0 Å². The van der Waals surface area contributed by atoms with E-state index in [0.717, 1.165) is 21.8 Å². The molecule has 9 heteroatoms. The van der Waals surface area contributed by atoms with Gasteiger partial charge >= 0.3 is 0 Å². The Labute approximate surface area is 176 Å². The highest BCUT2D eigenvalue weighted by molar-refractivity contribution is 7.92. The average molecular weight is 429 g/mol. The molecule has 2 aromatic carbocycles. The van der Waals surface area contributed by atoms with E-state index < -0.39 is 15.9 Å². The maximum absolute atomic E-state index is 12.5. The SMILES string of the molecule is CCOc1cccc(N(CC(=O)NCc2ccc(-n3ccnc3)cc2)S(C)(=O)=O)c1. The predicted molar refractivity (Wildman–Crippen MR) is 115 cm³/mol. The molecule has 0 spiro atoms. The third kappa shape index (κ3) is 5.60. The predicted octanol–water partition coefficient (Wildman–Crippen LogP) is 2.35. The first-order chi connectivity index (χ1) is 14.4. The number of hydrogen-bond acceptors (Lipinski definition) is 5. The summed E-state index contributed by atoms with van der Waals surface area (Å²) >= 11 is 0. The molecule has 0 saturated carbocycles. The van der Waals surface area contributed by atoms with Gasteiger partial charge in [-0.25, -0.2) is 13.4 Å². The highest BCUT2D eigenvalue weighted by Gasteiger charge is 2.21. The highest BCUT2D eigenvalue weighted by atomic mass is 32.2. The topological polar surface area (TPSA) is 93.5 Å². The maximum Gasteiger partial charge on any atom is 0.241 e. The van der Waals surface area contributed by atoms with Crippen molar-refractivity contribution in [2.45, 2.75) is 13.5 Å². The summed E-state index contributed by atoms with van der Waals surface area (Å²) in [5.74, 6) is 0.142. The number of imidazole rings is 1. The molecule has 0 aliphatic heterocycles. The Morgan fingerprint density at radius 1 is 1.20 bits per heavy atom. The van der Waals surface area contributed by atoms with Crippen LogP contribution in [0.5, 0.6) is 5.75 Å². The molecule has 158 valence electrons. The molecule has 3 aromatic rings. The monoisotopic (exact) mass is 428 g/mol. The maximum atomic E-state index is 12.5. The minimum atomic E-state index is -3.65. The Kier molecular flexibility index (Phi) is 6.73. The van der Waals surface area contributed by atoms with Crippen LogP contribution in [0.4, 0.5) is 5.69 Å². The van der Waals surface area contributed by atoms with E-state index in [1.54, 1.807) is 36.8 Å². The molecular formula is C21H24N4O4S. The Morgan fingerprint density at radius 2 is 1.97 bits per heavy atom. The van der Waals surface area contributed by atoms with Gasteiger partial charge in [-0.3, -0.25) is 9.10 Å². The number of aromatic nitrogens is 2. The summed E-state index contributed by atoms with van der Waals surface area (Å²) in [6.45, 7) is 2.28. The fourth-order valence-corrected chi connectivity index (χ4v) is 3.73. The number of carbonyl (C=O) groups excluding carboxylic acids is 1. The second-order valence-electron chi connectivity index (χ2n) is 6.61. The molecule has 0 unspecified atom stereocenters. The standard InChI is InChI=1S/C21H24N4O4S/c1-3-29-20-6-4-5-19(13-20)25(30(2,27)28)15-21(26)23-14-17-7-9-18(10-8-17)24-12-11-22-16-24/h4-13,16H,3,14-15H2,1-2H3,(H,23,26). The molecule has 30 heavy (non-hydrogen) atoms. The minimum absolute atomic E-state index is 0.291. The zero-order valence-corrected chi connectivity index (χ0v) is 17.7. The van der Waals surface area contributed by atoms with E-state index in [0.29, 0.717) is 24.6 Å². The molecule has 0 radical (unpaired) electrons. The average Bonchev–Trinajstić information content (AvgIpc) is 3.25. The first-order valence-electron chi connectivity index (χ1n) is 9.41. The van der Waals surface area contributed by atoms with E-state index in [1.807, 2.05) is 42.0 Å². The smallest absolute Gasteiger partial charge is 0.241 e. The number of nitrogens with zero attached hydrogens (tertiary/aromatic N) is 3. The first kappa shape index (κ1) is 21.4. The van der Waals surface area contributed by atoms with Gasteiger partial charge in [0.05, 0.1) is 24.9 Å². The van der Waals surface area contributed by atoms with Crippen LogP contribution in [-0.4, -0.2) is 43.3 Å². The molecule has 0 bridgehead atoms. The Hall–Kier alpha value is -3.33. The largest absolute Gasteiger partial charge is 0.494 e. The molecule has 0 saturated heterocycles. The summed E-state index contributed by atoms with van der Waals surface area (Å²) in [6, 6.07) is 14.3. The minimum Gasteiger partial charge on any atom is -0.494 e. The second-order valence-corrected chi connectivity index (χ2v) is 8.52. The molecule has 0 atom stereocenters. The molecular weight excluding hydrogens is 404 g/mol. The van der Waals surface area contributed by atoms with Crippen molar-refractivity contribution in [2.24, 2.45) is 0 Å². The number of anilines is 1. The molecule has 1 heterocycles. The number of ether oxygens (including phenoxy) is 1. The van der Waals surface area contributed by atoms with Crippen molar-refractivity contribution in [2.75, 3.05) is 23.7 Å². The Morgan fingerprint density at radius 3 is 2.60 bits per heavy atom. The van der Waals surface area contributed by atoms with Gasteiger partial charge in [-0.2, -0.15) is 0 Å². The Balaban J connectivity index is 1.64. The summed E-state index contributed by atoms with van der Waals surface area (Å²) < 4.78 is 32.9. The first-order valence-corrected chi connectivity index (χ1v) is 11.3. The van der Waals surface area contributed by atoms with E-state index in [2.05, 4.69) is 10.3 Å². The summed E-state index contributed by atoms with van der Waals surface area (Å²) in [7, 11) is -3.65. The van der Waals surface area contributed by atoms with Gasteiger partial charge < -0.3 is 14.6 Å². The number of carbonyl (C=O) groups is 1. The van der Waals surface area contributed by atoms with Gasteiger partial charge in [0.2, 0.25) is 15.9 Å². The summed E-state index contributed by atoms with van der Waals surface area (Å²) in [5.41, 5.74) is 2.24. The fraction of sp³-hybridized carbons (Fsp3) is 0.238. The lowest BCUT2D eigenvalue weighted by Gasteiger charge is -2.22. The van der Waals surface area contributed by atoms with Crippen LogP contribution in [0.15, 0.2) is 67.3 Å². The van der Waals surface area contributed by atoms with Crippen LogP contribution in [0.25, 0.3) is 5.69 Å². The zero-order chi connectivity index (χ0) is 21.6. The summed E-state index contributed by atoms with van der Waals surface area (Å²) in [4.78, 5) is 16.5. The molecule has 1 N–H and O–H groups in total. The van der Waals surface area contributed by atoms with Crippen LogP contribution in [0.1, 0.15) is 12.5 Å². The van der Waals surface area contributed by atoms with Gasteiger partial charge in [0.1, 0.15) is 12.3 Å². The lowest BCUT2D eigenvalue weighted by Crippen LogP contribution is -2.40. The van der Waals surface area contributed by atoms with Gasteiger partial charge in [0, 0.05) is 30.7 Å². The van der Waals surface area contributed by atoms with Gasteiger partial charge in [0.15, 0.2) is 0 Å². The third-order valence-corrected chi connectivity index (χ3v) is 5.47. The fourth-order valence-electron chi connectivity index (χ4n) is 2.88. The Bertz CT molecular complexity index is 1080. The third-order valence-electron chi connectivity index (χ3n) is 4.33. The van der Waals surface area contributed by atoms with Crippen molar-refractivity contribution < 1.29 is 17.9 Å². The lowest BCUT2D eigenvalue weighted by atomic mass is 10.2. The van der Waals surface area contributed by atoms with Crippen LogP contribution >= 0.6 is 0 Å². The van der Waals surface area contributed by atoms with Crippen LogP contribution < -0.4 is 14.4 Å². The number of hydrogen-bond donors (Lipinski definition) is 1. The number of benzene rings is 2. The van der Waals surface area contributed by atoms with Crippen molar-refractivity contribution in [3.8, 4) is 11.4 Å². The number of nitrogens with one attached hydrogen (secondary N) is 1. The van der Waals surface area contributed by atoms with Gasteiger partial charge in [-0.05, 0) is 36.8 Å². The van der Waals surface area contributed by atoms with E-state index in [4.69, 9.17) is 4.74 Å². The molecule has 0 aliphatic carbocycles. The normalized spacial score (nSPS) is 11.1. The molecule has 1 aromatic heterocycles.